The van der Waals surface area contributed by atoms with Crippen molar-refractivity contribution < 1.29 is 19.8 Å². The lowest BCUT2D eigenvalue weighted by Crippen LogP contribution is -2.03. The van der Waals surface area contributed by atoms with Crippen LogP contribution in [0.5, 0.6) is 0 Å². The molecule has 0 aromatic carbocycles. The van der Waals surface area contributed by atoms with Crippen molar-refractivity contribution in [3.8, 4) is 0 Å². The highest BCUT2D eigenvalue weighted by Crippen LogP contribution is 2.03. The second kappa shape index (κ2) is 8.58. The summed E-state index contributed by atoms with van der Waals surface area (Å²) in [6.45, 7) is 5.42. The van der Waals surface area contributed by atoms with Crippen LogP contribution in [-0.2, 0) is 4.79 Å². The summed E-state index contributed by atoms with van der Waals surface area (Å²) in [5, 5.41) is 15.5. The normalized spacial score (nSPS) is 8.08. The summed E-state index contributed by atoms with van der Waals surface area (Å²) in [5.41, 5.74) is 4.34. The van der Waals surface area contributed by atoms with E-state index >= 15 is 0 Å². The molecule has 0 aliphatic carbocycles. The summed E-state index contributed by atoms with van der Waals surface area (Å²) in [5.74, 6) is -0.872. The maximum absolute atomic E-state index is 10.1. The molecule has 13 heavy (non-hydrogen) atoms. The Balaban J connectivity index is 0. The molecule has 0 atom stereocenters. The van der Waals surface area contributed by atoms with Crippen molar-refractivity contribution in [3.05, 3.63) is 12.2 Å². The van der Waals surface area contributed by atoms with E-state index in [9.17, 15) is 4.79 Å². The lowest BCUT2D eigenvalue weighted by molar-refractivity contribution is -0.132. The number of amides is 1. The molecule has 0 aromatic rings. The summed E-state index contributed by atoms with van der Waals surface area (Å²) in [7, 11) is 0. The molecule has 76 valence electrons. The minimum Gasteiger partial charge on any atom is -0.478 e. The van der Waals surface area contributed by atoms with E-state index < -0.39 is 12.1 Å². The van der Waals surface area contributed by atoms with Gasteiger partial charge in [-0.3, -0.25) is 0 Å². The maximum Gasteiger partial charge on any atom is 0.402 e. The summed E-state index contributed by atoms with van der Waals surface area (Å²) in [4.78, 5) is 18.9. The highest BCUT2D eigenvalue weighted by Gasteiger charge is 2.00. The first-order chi connectivity index (χ1) is 5.91. The molecular formula is C8H15NO4. The molecule has 5 nitrogen and oxygen atoms in total. The van der Waals surface area contributed by atoms with Gasteiger partial charge < -0.3 is 15.9 Å². The predicted octanol–water partition coefficient (Wildman–Crippen LogP) is 1.44. The maximum atomic E-state index is 10.1. The number of nitrogens with two attached hydrogens (primary N) is 1. The molecule has 0 saturated heterocycles. The van der Waals surface area contributed by atoms with Gasteiger partial charge in [-0.05, 0) is 12.8 Å². The molecular weight excluding hydrogens is 174 g/mol. The Hall–Kier alpha value is -1.52. The van der Waals surface area contributed by atoms with Crippen LogP contribution >= 0.6 is 0 Å². The second-order valence-electron chi connectivity index (χ2n) is 2.35. The van der Waals surface area contributed by atoms with Gasteiger partial charge in [0.2, 0.25) is 0 Å². The fourth-order valence-electron chi connectivity index (χ4n) is 0.497. The number of carbonyl (C=O) groups is 2. The molecule has 0 heterocycles. The summed E-state index contributed by atoms with van der Waals surface area (Å²) < 4.78 is 0. The minimum absolute atomic E-state index is 0.317. The van der Waals surface area contributed by atoms with Crippen LogP contribution in [0, 0.1) is 0 Å². The van der Waals surface area contributed by atoms with Gasteiger partial charge in [-0.2, -0.15) is 0 Å². The van der Waals surface area contributed by atoms with E-state index in [1.54, 1.807) is 0 Å². The topological polar surface area (TPSA) is 101 Å². The average molecular weight is 189 g/mol. The van der Waals surface area contributed by atoms with Crippen LogP contribution in [0.25, 0.3) is 0 Å². The van der Waals surface area contributed by atoms with Gasteiger partial charge in [0.1, 0.15) is 0 Å². The van der Waals surface area contributed by atoms with E-state index in [1.807, 2.05) is 6.92 Å². The molecule has 0 radical (unpaired) electrons. The largest absolute Gasteiger partial charge is 0.478 e. The number of hydrogen-bond acceptors (Lipinski definition) is 2. The zero-order chi connectivity index (χ0) is 10.9. The number of rotatable bonds is 4. The third-order valence-electron chi connectivity index (χ3n) is 1.13. The van der Waals surface area contributed by atoms with Crippen LogP contribution in [-0.4, -0.2) is 22.3 Å². The summed E-state index contributed by atoms with van der Waals surface area (Å²) in [6.07, 6.45) is 1.23. The molecule has 0 saturated carbocycles. The zero-order valence-electron chi connectivity index (χ0n) is 7.62. The number of carboxylic acid groups (broad SMARTS) is 2. The molecule has 0 aliphatic rings. The number of aliphatic carboxylic acids is 1. The van der Waals surface area contributed by atoms with Gasteiger partial charge in [-0.25, -0.2) is 9.59 Å². The summed E-state index contributed by atoms with van der Waals surface area (Å²) >= 11 is 0. The Kier molecular flexibility index (Phi) is 9.25. The van der Waals surface area contributed by atoms with E-state index in [4.69, 9.17) is 15.0 Å². The monoisotopic (exact) mass is 189 g/mol. The second-order valence-corrected chi connectivity index (χ2v) is 2.35. The van der Waals surface area contributed by atoms with Crippen molar-refractivity contribution in [1.29, 1.82) is 0 Å². The van der Waals surface area contributed by atoms with Crippen LogP contribution in [0.15, 0.2) is 12.2 Å². The van der Waals surface area contributed by atoms with Gasteiger partial charge in [0.15, 0.2) is 0 Å². The van der Waals surface area contributed by atoms with Crippen LogP contribution in [0.1, 0.15) is 26.2 Å². The van der Waals surface area contributed by atoms with Crippen LogP contribution in [0.2, 0.25) is 0 Å². The molecule has 0 aromatic heterocycles. The van der Waals surface area contributed by atoms with E-state index in [2.05, 4.69) is 12.3 Å². The Bertz CT molecular complexity index is 185. The SMILES string of the molecule is C=C(CCCC)C(=O)O.NC(=O)O. The Morgan fingerprint density at radius 3 is 2.00 bits per heavy atom. The Morgan fingerprint density at radius 1 is 1.38 bits per heavy atom. The summed E-state index contributed by atoms with van der Waals surface area (Å²) in [6, 6.07) is 0. The fourth-order valence-corrected chi connectivity index (χ4v) is 0.497. The van der Waals surface area contributed by atoms with Gasteiger partial charge >= 0.3 is 12.1 Å². The number of unbranched alkanes of at least 4 members (excludes halogenated alkanes) is 1. The molecule has 0 aliphatic heterocycles. The first-order valence-electron chi connectivity index (χ1n) is 3.81. The highest BCUT2D eigenvalue weighted by atomic mass is 16.4. The molecule has 1 amide bonds. The van der Waals surface area contributed by atoms with E-state index in [-0.39, 0.29) is 0 Å². The van der Waals surface area contributed by atoms with Crippen molar-refractivity contribution in [3.63, 3.8) is 0 Å². The van der Waals surface area contributed by atoms with Crippen molar-refractivity contribution in [1.82, 2.24) is 0 Å². The van der Waals surface area contributed by atoms with Gasteiger partial charge in [-0.15, -0.1) is 0 Å². The average Bonchev–Trinajstić information content (AvgIpc) is 1.98. The van der Waals surface area contributed by atoms with E-state index in [1.165, 1.54) is 0 Å². The van der Waals surface area contributed by atoms with Gasteiger partial charge in [0.25, 0.3) is 0 Å². The van der Waals surface area contributed by atoms with Crippen molar-refractivity contribution in [2.75, 3.05) is 0 Å². The Labute approximate surface area is 76.9 Å². The smallest absolute Gasteiger partial charge is 0.402 e. The zero-order valence-corrected chi connectivity index (χ0v) is 7.62. The molecule has 4 N–H and O–H groups in total. The van der Waals surface area contributed by atoms with Gasteiger partial charge in [0, 0.05) is 5.57 Å². The third kappa shape index (κ3) is 17.9. The molecule has 0 rings (SSSR count). The van der Waals surface area contributed by atoms with Crippen LogP contribution < -0.4 is 5.73 Å². The van der Waals surface area contributed by atoms with Crippen molar-refractivity contribution in [2.24, 2.45) is 5.73 Å². The first kappa shape index (κ1) is 14.0. The van der Waals surface area contributed by atoms with Crippen LogP contribution in [0.3, 0.4) is 0 Å². The number of hydrogen-bond donors (Lipinski definition) is 3. The van der Waals surface area contributed by atoms with Gasteiger partial charge in [0.05, 0.1) is 0 Å². The van der Waals surface area contributed by atoms with Crippen molar-refractivity contribution in [2.45, 2.75) is 26.2 Å². The molecule has 0 fully saturated rings. The third-order valence-corrected chi connectivity index (χ3v) is 1.13. The van der Waals surface area contributed by atoms with Crippen LogP contribution in [0.4, 0.5) is 4.79 Å². The van der Waals surface area contributed by atoms with Crippen molar-refractivity contribution >= 4 is 12.1 Å². The quantitative estimate of drug-likeness (QED) is 0.582. The van der Waals surface area contributed by atoms with Gasteiger partial charge in [-0.1, -0.05) is 19.9 Å². The molecule has 0 spiro atoms. The fraction of sp³-hybridized carbons (Fsp3) is 0.500. The minimum atomic E-state index is -1.33. The predicted molar refractivity (Wildman–Crippen MR) is 48.5 cm³/mol. The molecule has 5 heteroatoms. The first-order valence-corrected chi connectivity index (χ1v) is 3.81. The Morgan fingerprint density at radius 2 is 1.77 bits per heavy atom. The van der Waals surface area contributed by atoms with E-state index in [0.29, 0.717) is 12.0 Å². The highest BCUT2D eigenvalue weighted by molar-refractivity contribution is 5.85. The molecule has 0 unspecified atom stereocenters. The number of primary amides is 1. The van der Waals surface area contributed by atoms with E-state index in [0.717, 1.165) is 12.8 Å². The lowest BCUT2D eigenvalue weighted by atomic mass is 10.1. The molecule has 0 bridgehead atoms. The number of carboxylic acids is 1. The standard InChI is InChI=1S/C7H12O2.CH3NO2/c1-3-4-5-6(2)7(8)9;2-1(3)4/h2-5H2,1H3,(H,8,9);2H2,(H,3,4). The lowest BCUT2D eigenvalue weighted by Gasteiger charge is -1.95.